The third-order valence-corrected chi connectivity index (χ3v) is 4.93. The number of thioether (sulfide) groups is 1. The molecule has 1 fully saturated rings. The minimum atomic E-state index is 0.874. The molecule has 1 aromatic rings. The molecule has 0 N–H and O–H groups in total. The molecule has 0 nitrogen and oxygen atoms in total. The van der Waals surface area contributed by atoms with Crippen molar-refractivity contribution in [3.63, 3.8) is 0 Å². The Balaban J connectivity index is 2.09. The van der Waals surface area contributed by atoms with Crippen LogP contribution in [0.4, 0.5) is 0 Å². The number of hydrogen-bond acceptors (Lipinski definition) is 1. The molecule has 15 heavy (non-hydrogen) atoms. The molecule has 0 amide bonds. The molecule has 0 heterocycles. The van der Waals surface area contributed by atoms with Crippen LogP contribution in [0.1, 0.15) is 43.2 Å². The quantitative estimate of drug-likeness (QED) is 0.694. The van der Waals surface area contributed by atoms with Gasteiger partial charge >= 0.3 is 0 Å². The predicted octanol–water partition coefficient (Wildman–Crippen LogP) is 4.73. The fourth-order valence-electron chi connectivity index (χ4n) is 2.33. The lowest BCUT2D eigenvalue weighted by Crippen LogP contribution is -2.08. The molecule has 0 aliphatic heterocycles. The second-order valence-corrected chi connectivity index (χ2v) is 5.91. The number of aryl methyl sites for hydroxylation is 2. The average molecular weight is 220 g/mol. The molecular weight excluding hydrogens is 200 g/mol. The zero-order valence-electron chi connectivity index (χ0n) is 9.75. The maximum absolute atomic E-state index is 2.23. The van der Waals surface area contributed by atoms with Crippen molar-refractivity contribution in [3.05, 3.63) is 29.3 Å². The Morgan fingerprint density at radius 1 is 1.00 bits per heavy atom. The SMILES string of the molecule is Cc1cccc(C)c1SC1CCCCC1. The maximum Gasteiger partial charge on any atom is 0.0133 e. The van der Waals surface area contributed by atoms with Crippen molar-refractivity contribution in [1.29, 1.82) is 0 Å². The van der Waals surface area contributed by atoms with E-state index in [0.29, 0.717) is 0 Å². The molecular formula is C14H20S. The van der Waals surface area contributed by atoms with Gasteiger partial charge in [-0.05, 0) is 37.8 Å². The third-order valence-electron chi connectivity index (χ3n) is 3.25. The van der Waals surface area contributed by atoms with E-state index in [-0.39, 0.29) is 0 Å². The fraction of sp³-hybridized carbons (Fsp3) is 0.571. The lowest BCUT2D eigenvalue weighted by Gasteiger charge is -2.22. The smallest absolute Gasteiger partial charge is 0.0133 e. The summed E-state index contributed by atoms with van der Waals surface area (Å²) in [6, 6.07) is 6.63. The van der Waals surface area contributed by atoms with Gasteiger partial charge < -0.3 is 0 Å². The summed E-state index contributed by atoms with van der Waals surface area (Å²) in [4.78, 5) is 1.53. The first-order valence-electron chi connectivity index (χ1n) is 6.00. The lowest BCUT2D eigenvalue weighted by molar-refractivity contribution is 0.516. The Labute approximate surface area is 97.5 Å². The average Bonchev–Trinajstić information content (AvgIpc) is 2.25. The molecule has 2 rings (SSSR count). The van der Waals surface area contributed by atoms with Crippen LogP contribution in [0, 0.1) is 13.8 Å². The fourth-order valence-corrected chi connectivity index (χ4v) is 3.74. The highest BCUT2D eigenvalue weighted by Crippen LogP contribution is 2.36. The van der Waals surface area contributed by atoms with Crippen LogP contribution in [0.5, 0.6) is 0 Å². The summed E-state index contributed by atoms with van der Waals surface area (Å²) in [5.41, 5.74) is 2.90. The van der Waals surface area contributed by atoms with Gasteiger partial charge in [-0.25, -0.2) is 0 Å². The van der Waals surface area contributed by atoms with Gasteiger partial charge in [0.15, 0.2) is 0 Å². The zero-order chi connectivity index (χ0) is 10.7. The van der Waals surface area contributed by atoms with Gasteiger partial charge in [0.05, 0.1) is 0 Å². The summed E-state index contributed by atoms with van der Waals surface area (Å²) in [5, 5.41) is 0.874. The van der Waals surface area contributed by atoms with E-state index in [2.05, 4.69) is 43.8 Å². The van der Waals surface area contributed by atoms with Crippen molar-refractivity contribution < 1.29 is 0 Å². The van der Waals surface area contributed by atoms with Crippen molar-refractivity contribution in [2.75, 3.05) is 0 Å². The Morgan fingerprint density at radius 2 is 1.60 bits per heavy atom. The molecule has 0 aromatic heterocycles. The first kappa shape index (κ1) is 11.1. The normalized spacial score (nSPS) is 18.0. The topological polar surface area (TPSA) is 0 Å². The first-order valence-corrected chi connectivity index (χ1v) is 6.88. The monoisotopic (exact) mass is 220 g/mol. The lowest BCUT2D eigenvalue weighted by atomic mass is 10.0. The minimum absolute atomic E-state index is 0.874. The van der Waals surface area contributed by atoms with Crippen LogP contribution in [0.3, 0.4) is 0 Å². The van der Waals surface area contributed by atoms with Crippen LogP contribution in [0.25, 0.3) is 0 Å². The van der Waals surface area contributed by atoms with Gasteiger partial charge in [-0.1, -0.05) is 37.5 Å². The molecule has 0 spiro atoms. The molecule has 82 valence electrons. The largest absolute Gasteiger partial charge is 0.122 e. The van der Waals surface area contributed by atoms with Crippen LogP contribution in [0.15, 0.2) is 23.1 Å². The molecule has 1 aliphatic rings. The van der Waals surface area contributed by atoms with E-state index in [1.807, 2.05) is 0 Å². The molecule has 0 unspecified atom stereocenters. The van der Waals surface area contributed by atoms with Gasteiger partial charge in [0.25, 0.3) is 0 Å². The van der Waals surface area contributed by atoms with Gasteiger partial charge in [0.1, 0.15) is 0 Å². The Morgan fingerprint density at radius 3 is 2.20 bits per heavy atom. The number of hydrogen-bond donors (Lipinski definition) is 0. The summed E-state index contributed by atoms with van der Waals surface area (Å²) < 4.78 is 0. The Bertz CT molecular complexity index is 304. The van der Waals surface area contributed by atoms with E-state index < -0.39 is 0 Å². The molecule has 1 saturated carbocycles. The summed E-state index contributed by atoms with van der Waals surface area (Å²) in [7, 11) is 0. The summed E-state index contributed by atoms with van der Waals surface area (Å²) in [6.07, 6.45) is 7.14. The molecule has 0 radical (unpaired) electrons. The van der Waals surface area contributed by atoms with E-state index in [4.69, 9.17) is 0 Å². The Hall–Kier alpha value is -0.430. The highest BCUT2D eigenvalue weighted by atomic mass is 32.2. The van der Waals surface area contributed by atoms with Crippen molar-refractivity contribution in [2.24, 2.45) is 0 Å². The van der Waals surface area contributed by atoms with Gasteiger partial charge in [-0.15, -0.1) is 11.8 Å². The molecule has 1 heteroatoms. The molecule has 1 aliphatic carbocycles. The van der Waals surface area contributed by atoms with Crippen molar-refractivity contribution in [3.8, 4) is 0 Å². The van der Waals surface area contributed by atoms with Crippen molar-refractivity contribution in [2.45, 2.75) is 56.1 Å². The highest BCUT2D eigenvalue weighted by Gasteiger charge is 2.16. The molecule has 1 aromatic carbocycles. The van der Waals surface area contributed by atoms with E-state index >= 15 is 0 Å². The first-order chi connectivity index (χ1) is 7.27. The molecule has 0 saturated heterocycles. The van der Waals surface area contributed by atoms with Crippen molar-refractivity contribution in [1.82, 2.24) is 0 Å². The van der Waals surface area contributed by atoms with E-state index in [0.717, 1.165) is 5.25 Å². The molecule has 0 atom stereocenters. The van der Waals surface area contributed by atoms with Crippen LogP contribution in [-0.2, 0) is 0 Å². The van der Waals surface area contributed by atoms with Crippen LogP contribution in [0.2, 0.25) is 0 Å². The summed E-state index contributed by atoms with van der Waals surface area (Å²) in [6.45, 7) is 4.47. The van der Waals surface area contributed by atoms with Crippen LogP contribution < -0.4 is 0 Å². The van der Waals surface area contributed by atoms with Crippen LogP contribution in [-0.4, -0.2) is 5.25 Å². The molecule has 0 bridgehead atoms. The van der Waals surface area contributed by atoms with Gasteiger partial charge in [0.2, 0.25) is 0 Å². The Kier molecular flexibility index (Phi) is 3.74. The second-order valence-electron chi connectivity index (χ2n) is 4.60. The maximum atomic E-state index is 2.23. The second kappa shape index (κ2) is 5.07. The standard InChI is InChI=1S/C14H20S/c1-11-7-6-8-12(2)14(11)15-13-9-4-3-5-10-13/h6-8,13H,3-5,9-10H2,1-2H3. The van der Waals surface area contributed by atoms with Gasteiger partial charge in [-0.3, -0.25) is 0 Å². The predicted molar refractivity (Wildman–Crippen MR) is 68.6 cm³/mol. The summed E-state index contributed by atoms with van der Waals surface area (Å²) >= 11 is 2.12. The number of benzene rings is 1. The van der Waals surface area contributed by atoms with Gasteiger partial charge in [0, 0.05) is 10.1 Å². The summed E-state index contributed by atoms with van der Waals surface area (Å²) in [5.74, 6) is 0. The van der Waals surface area contributed by atoms with E-state index in [1.54, 1.807) is 0 Å². The number of rotatable bonds is 2. The highest BCUT2D eigenvalue weighted by molar-refractivity contribution is 8.00. The van der Waals surface area contributed by atoms with Crippen LogP contribution >= 0.6 is 11.8 Å². The van der Waals surface area contributed by atoms with E-state index in [1.165, 1.54) is 48.1 Å². The van der Waals surface area contributed by atoms with E-state index in [9.17, 15) is 0 Å². The van der Waals surface area contributed by atoms with Crippen molar-refractivity contribution >= 4 is 11.8 Å². The zero-order valence-corrected chi connectivity index (χ0v) is 10.6. The third kappa shape index (κ3) is 2.78. The van der Waals surface area contributed by atoms with Gasteiger partial charge in [-0.2, -0.15) is 0 Å². The minimum Gasteiger partial charge on any atom is -0.122 e.